The predicted octanol–water partition coefficient (Wildman–Crippen LogP) is 1.64. The molecule has 3 rings (SSSR count). The summed E-state index contributed by atoms with van der Waals surface area (Å²) in [6, 6.07) is 7.06. The molecule has 0 radical (unpaired) electrons. The molecule has 1 fully saturated rings. The number of carboxylic acids is 1. The highest BCUT2D eigenvalue weighted by Crippen LogP contribution is 2.27. The molecule has 0 saturated carbocycles. The van der Waals surface area contributed by atoms with Gasteiger partial charge in [0.05, 0.1) is 6.61 Å². The van der Waals surface area contributed by atoms with Crippen molar-refractivity contribution in [2.24, 2.45) is 0 Å². The normalized spacial score (nSPS) is 18.2. The first-order valence-electron chi connectivity index (χ1n) is 5.33. The summed E-state index contributed by atoms with van der Waals surface area (Å²) in [5.74, 6) is -0.292. The largest absolute Gasteiger partial charge is 0.490 e. The number of carbonyl (C=O) groups is 1. The molecule has 0 aliphatic carbocycles. The van der Waals surface area contributed by atoms with Crippen LogP contribution in [0, 0.1) is 0 Å². The maximum atomic E-state index is 10.9. The Morgan fingerprint density at radius 2 is 2.41 bits per heavy atom. The quantitative estimate of drug-likeness (QED) is 0.787. The number of aromatic nitrogens is 1. The first kappa shape index (κ1) is 10.2. The summed E-state index contributed by atoms with van der Waals surface area (Å²) in [7, 11) is 0. The SMILES string of the molecule is O=C(O)c1cc2c(OC[C@@H]3CO3)cccc2[nH]1. The van der Waals surface area contributed by atoms with Crippen molar-refractivity contribution in [3.63, 3.8) is 0 Å². The van der Waals surface area contributed by atoms with Gasteiger partial charge in [0, 0.05) is 10.9 Å². The fourth-order valence-electron chi connectivity index (χ4n) is 1.72. The van der Waals surface area contributed by atoms with Crippen LogP contribution < -0.4 is 4.74 Å². The van der Waals surface area contributed by atoms with Crippen LogP contribution in [0.25, 0.3) is 10.9 Å². The van der Waals surface area contributed by atoms with Crippen LogP contribution in [0.5, 0.6) is 5.75 Å². The molecule has 1 aromatic carbocycles. The van der Waals surface area contributed by atoms with Crippen LogP contribution in [0.4, 0.5) is 0 Å². The molecular formula is C12H11NO4. The third-order valence-corrected chi connectivity index (χ3v) is 2.68. The average molecular weight is 233 g/mol. The highest BCUT2D eigenvalue weighted by Gasteiger charge is 2.23. The first-order chi connectivity index (χ1) is 8.24. The van der Waals surface area contributed by atoms with E-state index < -0.39 is 5.97 Å². The monoisotopic (exact) mass is 233 g/mol. The van der Waals surface area contributed by atoms with Crippen LogP contribution in [0.15, 0.2) is 24.3 Å². The second-order valence-electron chi connectivity index (χ2n) is 3.97. The number of hydrogen-bond donors (Lipinski definition) is 2. The van der Waals surface area contributed by atoms with E-state index in [0.717, 1.165) is 17.5 Å². The van der Waals surface area contributed by atoms with E-state index in [1.54, 1.807) is 6.07 Å². The van der Waals surface area contributed by atoms with E-state index in [1.165, 1.54) is 0 Å². The van der Waals surface area contributed by atoms with Crippen LogP contribution in [0.1, 0.15) is 10.5 Å². The Labute approximate surface area is 97.0 Å². The summed E-state index contributed by atoms with van der Waals surface area (Å²) in [5, 5.41) is 9.70. The highest BCUT2D eigenvalue weighted by atomic mass is 16.6. The number of benzene rings is 1. The van der Waals surface area contributed by atoms with Crippen molar-refractivity contribution in [1.29, 1.82) is 0 Å². The summed E-state index contributed by atoms with van der Waals surface area (Å²) in [4.78, 5) is 13.7. The zero-order chi connectivity index (χ0) is 11.8. The molecule has 1 aliphatic rings. The number of hydrogen-bond acceptors (Lipinski definition) is 3. The molecule has 2 aromatic rings. The number of aromatic amines is 1. The van der Waals surface area contributed by atoms with Gasteiger partial charge in [-0.3, -0.25) is 0 Å². The zero-order valence-corrected chi connectivity index (χ0v) is 8.97. The third-order valence-electron chi connectivity index (χ3n) is 2.68. The summed E-state index contributed by atoms with van der Waals surface area (Å²) in [6.45, 7) is 1.25. The van der Waals surface area contributed by atoms with E-state index in [9.17, 15) is 4.79 Å². The molecule has 5 nitrogen and oxygen atoms in total. The second kappa shape index (κ2) is 3.78. The van der Waals surface area contributed by atoms with Gasteiger partial charge in [0.2, 0.25) is 0 Å². The standard InChI is InChI=1S/C12H11NO4/c14-12(15)10-4-8-9(13-10)2-1-3-11(8)17-6-7-5-16-7/h1-4,7,13H,5-6H2,(H,14,15)/t7-/m0/s1. The van der Waals surface area contributed by atoms with Gasteiger partial charge in [-0.05, 0) is 18.2 Å². The number of nitrogens with one attached hydrogen (secondary N) is 1. The van der Waals surface area contributed by atoms with Crippen molar-refractivity contribution in [3.05, 3.63) is 30.0 Å². The van der Waals surface area contributed by atoms with Crippen LogP contribution in [0.2, 0.25) is 0 Å². The van der Waals surface area contributed by atoms with Gasteiger partial charge in [0.1, 0.15) is 24.2 Å². The van der Waals surface area contributed by atoms with Crippen molar-refractivity contribution in [2.45, 2.75) is 6.10 Å². The van der Waals surface area contributed by atoms with Crippen molar-refractivity contribution in [2.75, 3.05) is 13.2 Å². The maximum Gasteiger partial charge on any atom is 0.352 e. The molecular weight excluding hydrogens is 222 g/mol. The summed E-state index contributed by atoms with van der Waals surface area (Å²) >= 11 is 0. The number of H-pyrrole nitrogens is 1. The molecule has 0 spiro atoms. The second-order valence-corrected chi connectivity index (χ2v) is 3.97. The lowest BCUT2D eigenvalue weighted by atomic mass is 10.2. The zero-order valence-electron chi connectivity index (χ0n) is 8.97. The first-order valence-corrected chi connectivity index (χ1v) is 5.33. The van der Waals surface area contributed by atoms with Gasteiger partial charge in [-0.1, -0.05) is 6.07 Å². The average Bonchev–Trinajstić information content (AvgIpc) is 3.02. The lowest BCUT2D eigenvalue weighted by Gasteiger charge is -2.04. The van der Waals surface area contributed by atoms with E-state index >= 15 is 0 Å². The number of ether oxygens (including phenoxy) is 2. The number of epoxide rings is 1. The minimum absolute atomic E-state index is 0.165. The lowest BCUT2D eigenvalue weighted by Crippen LogP contribution is -2.03. The van der Waals surface area contributed by atoms with Crippen LogP contribution in [-0.4, -0.2) is 35.4 Å². The predicted molar refractivity (Wildman–Crippen MR) is 60.5 cm³/mol. The van der Waals surface area contributed by atoms with Gasteiger partial charge in [-0.25, -0.2) is 4.79 Å². The van der Waals surface area contributed by atoms with Crippen LogP contribution in [0.3, 0.4) is 0 Å². The topological polar surface area (TPSA) is 74.8 Å². The fourth-order valence-corrected chi connectivity index (χ4v) is 1.72. The van der Waals surface area contributed by atoms with E-state index in [4.69, 9.17) is 14.6 Å². The maximum absolute atomic E-state index is 10.9. The molecule has 0 unspecified atom stereocenters. The third kappa shape index (κ3) is 1.97. The Morgan fingerprint density at radius 3 is 3.12 bits per heavy atom. The molecule has 1 atom stereocenters. The van der Waals surface area contributed by atoms with Crippen molar-refractivity contribution >= 4 is 16.9 Å². The summed E-state index contributed by atoms with van der Waals surface area (Å²) in [6.07, 6.45) is 0.183. The molecule has 1 aliphatic heterocycles. The van der Waals surface area contributed by atoms with E-state index in [1.807, 2.05) is 18.2 Å². The fraction of sp³-hybridized carbons (Fsp3) is 0.250. The minimum atomic E-state index is -0.974. The Balaban J connectivity index is 1.95. The minimum Gasteiger partial charge on any atom is -0.490 e. The molecule has 5 heteroatoms. The number of rotatable bonds is 4. The number of fused-ring (bicyclic) bond motifs is 1. The molecule has 1 saturated heterocycles. The van der Waals surface area contributed by atoms with E-state index in [2.05, 4.69) is 4.98 Å². The summed E-state index contributed by atoms with van der Waals surface area (Å²) < 4.78 is 10.7. The Kier molecular flexibility index (Phi) is 2.26. The molecule has 2 N–H and O–H groups in total. The van der Waals surface area contributed by atoms with Gasteiger partial charge >= 0.3 is 5.97 Å². The Bertz CT molecular complexity index is 571. The summed E-state index contributed by atoms with van der Waals surface area (Å²) in [5.41, 5.74) is 0.926. The molecule has 0 amide bonds. The molecule has 2 heterocycles. The van der Waals surface area contributed by atoms with E-state index in [0.29, 0.717) is 12.4 Å². The van der Waals surface area contributed by atoms with Crippen molar-refractivity contribution < 1.29 is 19.4 Å². The van der Waals surface area contributed by atoms with Gasteiger partial charge in [-0.15, -0.1) is 0 Å². The van der Waals surface area contributed by atoms with Gasteiger partial charge < -0.3 is 19.6 Å². The Hall–Kier alpha value is -2.01. The molecule has 0 bridgehead atoms. The highest BCUT2D eigenvalue weighted by molar-refractivity contribution is 5.96. The lowest BCUT2D eigenvalue weighted by molar-refractivity contribution is 0.0691. The number of carboxylic acid groups (broad SMARTS) is 1. The van der Waals surface area contributed by atoms with Gasteiger partial charge in [-0.2, -0.15) is 0 Å². The number of aromatic carboxylic acids is 1. The van der Waals surface area contributed by atoms with Crippen LogP contribution in [-0.2, 0) is 4.74 Å². The van der Waals surface area contributed by atoms with Crippen molar-refractivity contribution in [1.82, 2.24) is 4.98 Å². The van der Waals surface area contributed by atoms with Crippen LogP contribution >= 0.6 is 0 Å². The smallest absolute Gasteiger partial charge is 0.352 e. The van der Waals surface area contributed by atoms with Gasteiger partial charge in [0.15, 0.2) is 0 Å². The van der Waals surface area contributed by atoms with E-state index in [-0.39, 0.29) is 11.8 Å². The molecule has 1 aromatic heterocycles. The van der Waals surface area contributed by atoms with Gasteiger partial charge in [0.25, 0.3) is 0 Å². The molecule has 88 valence electrons. The Morgan fingerprint density at radius 1 is 1.59 bits per heavy atom. The molecule has 17 heavy (non-hydrogen) atoms. The van der Waals surface area contributed by atoms with Crippen molar-refractivity contribution in [3.8, 4) is 5.75 Å².